The second kappa shape index (κ2) is 10.6. The van der Waals surface area contributed by atoms with Gasteiger partial charge in [0.1, 0.15) is 0 Å². The van der Waals surface area contributed by atoms with E-state index in [9.17, 15) is 0 Å². The maximum absolute atomic E-state index is 5.05. The van der Waals surface area contributed by atoms with Crippen LogP contribution in [0.3, 0.4) is 0 Å². The van der Waals surface area contributed by atoms with Crippen LogP contribution in [0.1, 0.15) is 22.3 Å². The second-order valence-corrected chi connectivity index (χ2v) is 13.5. The number of rotatable bonds is 3. The van der Waals surface area contributed by atoms with Crippen molar-refractivity contribution in [3.05, 3.63) is 198 Å². The van der Waals surface area contributed by atoms with Crippen molar-refractivity contribution in [2.75, 3.05) is 0 Å². The number of hydrogen-bond acceptors (Lipinski definition) is 3. The van der Waals surface area contributed by atoms with Gasteiger partial charge in [0.25, 0.3) is 0 Å². The molecule has 8 aromatic carbocycles. The molecule has 51 heavy (non-hydrogen) atoms. The van der Waals surface area contributed by atoms with E-state index in [1.807, 2.05) is 36.4 Å². The van der Waals surface area contributed by atoms with Crippen LogP contribution in [-0.4, -0.2) is 15.0 Å². The summed E-state index contributed by atoms with van der Waals surface area (Å²) in [6, 6.07) is 63.3. The molecule has 0 radical (unpaired) electrons. The van der Waals surface area contributed by atoms with E-state index in [1.54, 1.807) is 0 Å². The maximum atomic E-state index is 5.05. The van der Waals surface area contributed by atoms with E-state index in [2.05, 4.69) is 140 Å². The zero-order valence-corrected chi connectivity index (χ0v) is 27.6. The summed E-state index contributed by atoms with van der Waals surface area (Å²) in [5, 5.41) is 4.91. The van der Waals surface area contributed by atoms with E-state index < -0.39 is 5.41 Å². The molecule has 3 heteroatoms. The second-order valence-electron chi connectivity index (χ2n) is 13.5. The fourth-order valence-corrected chi connectivity index (χ4v) is 8.74. The van der Waals surface area contributed by atoms with Crippen molar-refractivity contribution >= 4 is 21.5 Å². The summed E-state index contributed by atoms with van der Waals surface area (Å²) in [5.74, 6) is 1.98. The molecule has 236 valence electrons. The molecule has 1 heterocycles. The third-order valence-corrected chi connectivity index (χ3v) is 10.9. The Labute approximate surface area is 295 Å². The molecule has 11 rings (SSSR count). The summed E-state index contributed by atoms with van der Waals surface area (Å²) in [6.07, 6.45) is 0. The molecule has 0 N–H and O–H groups in total. The molecule has 0 aliphatic heterocycles. The summed E-state index contributed by atoms with van der Waals surface area (Å²) < 4.78 is 0. The van der Waals surface area contributed by atoms with E-state index >= 15 is 0 Å². The monoisotopic (exact) mass is 647 g/mol. The van der Waals surface area contributed by atoms with Crippen molar-refractivity contribution in [3.63, 3.8) is 0 Å². The van der Waals surface area contributed by atoms with E-state index in [4.69, 9.17) is 15.0 Å². The van der Waals surface area contributed by atoms with Crippen LogP contribution in [0.2, 0.25) is 0 Å². The van der Waals surface area contributed by atoms with Gasteiger partial charge in [-0.2, -0.15) is 0 Å². The van der Waals surface area contributed by atoms with Crippen LogP contribution in [0.15, 0.2) is 176 Å². The summed E-state index contributed by atoms with van der Waals surface area (Å²) in [4.78, 5) is 15.0. The number of hydrogen-bond donors (Lipinski definition) is 0. The average molecular weight is 648 g/mol. The lowest BCUT2D eigenvalue weighted by Crippen LogP contribution is -2.26. The largest absolute Gasteiger partial charge is 0.208 e. The minimum atomic E-state index is -0.447. The third kappa shape index (κ3) is 3.97. The molecule has 1 aromatic heterocycles. The molecule has 0 amide bonds. The predicted octanol–water partition coefficient (Wildman–Crippen LogP) is 11.5. The maximum Gasteiger partial charge on any atom is 0.164 e. The first-order valence-corrected chi connectivity index (χ1v) is 17.4. The third-order valence-electron chi connectivity index (χ3n) is 10.9. The average Bonchev–Trinajstić information content (AvgIpc) is 3.67. The Balaban J connectivity index is 1.18. The van der Waals surface area contributed by atoms with Crippen molar-refractivity contribution in [3.8, 4) is 56.4 Å². The van der Waals surface area contributed by atoms with Crippen LogP contribution in [0.5, 0.6) is 0 Å². The fourth-order valence-electron chi connectivity index (χ4n) is 8.74. The number of fused-ring (bicyclic) bond motifs is 13. The Bertz CT molecular complexity index is 2750. The highest BCUT2D eigenvalue weighted by Gasteiger charge is 2.52. The van der Waals surface area contributed by atoms with E-state index in [1.165, 1.54) is 60.7 Å². The molecule has 0 saturated carbocycles. The van der Waals surface area contributed by atoms with Gasteiger partial charge in [-0.1, -0.05) is 158 Å². The molecule has 9 aromatic rings. The van der Waals surface area contributed by atoms with Gasteiger partial charge >= 0.3 is 0 Å². The van der Waals surface area contributed by atoms with E-state index in [0.717, 1.165) is 22.1 Å². The molecule has 0 atom stereocenters. The van der Waals surface area contributed by atoms with Crippen molar-refractivity contribution < 1.29 is 0 Å². The van der Waals surface area contributed by atoms with Gasteiger partial charge in [-0.3, -0.25) is 0 Å². The van der Waals surface area contributed by atoms with Gasteiger partial charge in [0, 0.05) is 16.7 Å². The lowest BCUT2D eigenvalue weighted by Gasteiger charge is -2.31. The SMILES string of the molecule is c1ccc(-c2nc(-c3ccccc3)nc(-c3ccc4cc5c(cc4c3)C3(c4ccccc4-c4ccccc43)c3c-5ccc4ccccc34)n2)cc1. The molecular weight excluding hydrogens is 619 g/mol. The quantitative estimate of drug-likeness (QED) is 0.192. The summed E-state index contributed by atoms with van der Waals surface area (Å²) in [7, 11) is 0. The Morgan fingerprint density at radius 2 is 0.863 bits per heavy atom. The van der Waals surface area contributed by atoms with Crippen LogP contribution in [0.4, 0.5) is 0 Å². The highest BCUT2D eigenvalue weighted by molar-refractivity contribution is 6.06. The molecule has 2 aliphatic rings. The van der Waals surface area contributed by atoms with Crippen LogP contribution in [-0.2, 0) is 5.41 Å². The number of nitrogens with zero attached hydrogens (tertiary/aromatic N) is 3. The Hall–Kier alpha value is -6.71. The number of aromatic nitrogens is 3. The summed E-state index contributed by atoms with van der Waals surface area (Å²) in [5.41, 5.74) is 13.0. The molecule has 2 aliphatic carbocycles. The lowest BCUT2D eigenvalue weighted by molar-refractivity contribution is 0.802. The predicted molar refractivity (Wildman–Crippen MR) is 207 cm³/mol. The molecule has 0 fully saturated rings. The van der Waals surface area contributed by atoms with Gasteiger partial charge in [0.2, 0.25) is 0 Å². The number of benzene rings is 8. The molecule has 0 unspecified atom stereocenters. The first-order valence-electron chi connectivity index (χ1n) is 17.4. The minimum absolute atomic E-state index is 0.447. The Morgan fingerprint density at radius 1 is 0.314 bits per heavy atom. The molecule has 0 saturated heterocycles. The van der Waals surface area contributed by atoms with Gasteiger partial charge in [0.05, 0.1) is 5.41 Å². The Morgan fingerprint density at radius 3 is 1.53 bits per heavy atom. The van der Waals surface area contributed by atoms with Gasteiger partial charge < -0.3 is 0 Å². The van der Waals surface area contributed by atoms with Gasteiger partial charge in [-0.25, -0.2) is 15.0 Å². The van der Waals surface area contributed by atoms with Gasteiger partial charge in [-0.15, -0.1) is 0 Å². The fraction of sp³-hybridized carbons (Fsp3) is 0.0208. The first kappa shape index (κ1) is 28.2. The normalized spacial score (nSPS) is 13.3. The van der Waals surface area contributed by atoms with Crippen molar-refractivity contribution in [1.82, 2.24) is 15.0 Å². The zero-order chi connectivity index (χ0) is 33.5. The standard InChI is InChI=1S/C48H29N3/c1-3-14-31(15-4-1)45-49-46(32-16-5-2-6-17-32)51-47(50-45)34-24-23-33-28-40-39-26-25-30-13-7-8-18-36(30)44(39)48(43(40)29-35(33)27-34)41-21-11-9-19-37(41)38-20-10-12-22-42(38)48/h1-29H. The van der Waals surface area contributed by atoms with Crippen LogP contribution < -0.4 is 0 Å². The highest BCUT2D eigenvalue weighted by atomic mass is 15.0. The topological polar surface area (TPSA) is 38.7 Å². The zero-order valence-electron chi connectivity index (χ0n) is 27.6. The van der Waals surface area contributed by atoms with Gasteiger partial charge in [0.15, 0.2) is 17.5 Å². The van der Waals surface area contributed by atoms with Crippen molar-refractivity contribution in [2.45, 2.75) is 5.41 Å². The minimum Gasteiger partial charge on any atom is -0.208 e. The highest BCUT2D eigenvalue weighted by Crippen LogP contribution is 2.64. The smallest absolute Gasteiger partial charge is 0.164 e. The van der Waals surface area contributed by atoms with Crippen molar-refractivity contribution in [1.29, 1.82) is 0 Å². The lowest BCUT2D eigenvalue weighted by atomic mass is 9.69. The Kier molecular flexibility index (Phi) is 5.88. The van der Waals surface area contributed by atoms with Crippen LogP contribution in [0.25, 0.3) is 78.0 Å². The van der Waals surface area contributed by atoms with E-state index in [-0.39, 0.29) is 0 Å². The van der Waals surface area contributed by atoms with Gasteiger partial charge in [-0.05, 0) is 84.3 Å². The van der Waals surface area contributed by atoms with E-state index in [0.29, 0.717) is 17.5 Å². The van der Waals surface area contributed by atoms with Crippen LogP contribution in [0, 0.1) is 0 Å². The molecule has 3 nitrogen and oxygen atoms in total. The molecule has 1 spiro atoms. The molecular formula is C48H29N3. The first-order chi connectivity index (χ1) is 25.3. The summed E-state index contributed by atoms with van der Waals surface area (Å²) in [6.45, 7) is 0. The van der Waals surface area contributed by atoms with Crippen molar-refractivity contribution in [2.24, 2.45) is 0 Å². The summed E-state index contributed by atoms with van der Waals surface area (Å²) >= 11 is 0. The molecule has 0 bridgehead atoms. The van der Waals surface area contributed by atoms with Crippen LogP contribution >= 0.6 is 0 Å².